The molecule has 0 amide bonds. The van der Waals surface area contributed by atoms with Crippen molar-refractivity contribution in [2.24, 2.45) is 5.92 Å². The molecule has 1 N–H and O–H groups in total. The Labute approximate surface area is 79.7 Å². The molecule has 3 heteroatoms. The maximum absolute atomic E-state index is 10.8. The highest BCUT2D eigenvalue weighted by molar-refractivity contribution is 5.72. The Morgan fingerprint density at radius 1 is 1.62 bits per heavy atom. The van der Waals surface area contributed by atoms with Crippen LogP contribution in [-0.4, -0.2) is 35.1 Å². The monoisotopic (exact) mass is 185 g/mol. The van der Waals surface area contributed by atoms with Crippen molar-refractivity contribution in [3.8, 4) is 0 Å². The topological polar surface area (TPSA) is 40.5 Å². The number of rotatable bonds is 5. The van der Waals surface area contributed by atoms with Crippen LogP contribution in [0.1, 0.15) is 33.1 Å². The summed E-state index contributed by atoms with van der Waals surface area (Å²) in [6, 6.07) is 0.108. The third-order valence-electron chi connectivity index (χ3n) is 3.08. The average molecular weight is 185 g/mol. The zero-order valence-corrected chi connectivity index (χ0v) is 8.66. The Bertz CT molecular complexity index is 189. The van der Waals surface area contributed by atoms with Crippen LogP contribution in [-0.2, 0) is 4.79 Å². The average Bonchev–Trinajstić information content (AvgIpc) is 2.88. The molecule has 0 radical (unpaired) electrons. The Hall–Kier alpha value is -0.570. The molecule has 1 aliphatic rings. The molecule has 2 unspecified atom stereocenters. The molecule has 13 heavy (non-hydrogen) atoms. The molecule has 76 valence electrons. The molecule has 0 spiro atoms. The van der Waals surface area contributed by atoms with E-state index in [0.29, 0.717) is 6.04 Å². The first-order valence-electron chi connectivity index (χ1n) is 5.02. The number of carboxylic acid groups (broad SMARTS) is 1. The van der Waals surface area contributed by atoms with Gasteiger partial charge < -0.3 is 5.11 Å². The lowest BCUT2D eigenvalue weighted by Crippen LogP contribution is -2.43. The van der Waals surface area contributed by atoms with Crippen molar-refractivity contribution in [3.63, 3.8) is 0 Å². The molecule has 3 nitrogen and oxygen atoms in total. The molecule has 0 heterocycles. The van der Waals surface area contributed by atoms with Gasteiger partial charge in [0.15, 0.2) is 0 Å². The third-order valence-corrected chi connectivity index (χ3v) is 3.08. The minimum atomic E-state index is -0.721. The molecular formula is C10H19NO2. The van der Waals surface area contributed by atoms with Crippen molar-refractivity contribution in [2.75, 3.05) is 7.05 Å². The van der Waals surface area contributed by atoms with E-state index in [2.05, 4.69) is 6.92 Å². The van der Waals surface area contributed by atoms with Gasteiger partial charge in [0.05, 0.1) is 0 Å². The second-order valence-corrected chi connectivity index (χ2v) is 3.99. The Morgan fingerprint density at radius 2 is 2.15 bits per heavy atom. The Balaban J connectivity index is 2.51. The minimum Gasteiger partial charge on any atom is -0.480 e. The zero-order chi connectivity index (χ0) is 10.0. The summed E-state index contributed by atoms with van der Waals surface area (Å²) in [5, 5.41) is 8.86. The molecule has 1 saturated carbocycles. The van der Waals surface area contributed by atoms with E-state index in [-0.39, 0.29) is 6.04 Å². The molecule has 0 saturated heterocycles. The number of carboxylic acids is 1. The van der Waals surface area contributed by atoms with Crippen molar-refractivity contribution in [3.05, 3.63) is 0 Å². The highest BCUT2D eigenvalue weighted by Gasteiger charge is 2.35. The fourth-order valence-corrected chi connectivity index (χ4v) is 1.90. The van der Waals surface area contributed by atoms with Crippen molar-refractivity contribution >= 4 is 5.97 Å². The highest BCUT2D eigenvalue weighted by atomic mass is 16.4. The van der Waals surface area contributed by atoms with Gasteiger partial charge in [0.25, 0.3) is 0 Å². The minimum absolute atomic E-state index is 0.356. The van der Waals surface area contributed by atoms with E-state index in [1.807, 2.05) is 11.9 Å². The Kier molecular flexibility index (Phi) is 3.31. The maximum atomic E-state index is 10.8. The molecular weight excluding hydrogens is 166 g/mol. The summed E-state index contributed by atoms with van der Waals surface area (Å²) in [5.74, 6) is 0.0263. The van der Waals surface area contributed by atoms with Crippen molar-refractivity contribution in [1.82, 2.24) is 4.90 Å². The van der Waals surface area contributed by atoms with E-state index >= 15 is 0 Å². The molecule has 1 fully saturated rings. The molecule has 0 aromatic heterocycles. The summed E-state index contributed by atoms with van der Waals surface area (Å²) < 4.78 is 0. The second kappa shape index (κ2) is 4.09. The first-order chi connectivity index (χ1) is 6.07. The first-order valence-corrected chi connectivity index (χ1v) is 5.02. The highest BCUT2D eigenvalue weighted by Crippen LogP contribution is 2.36. The standard InChI is InChI=1S/C10H19NO2/c1-4-9(8-5-6-8)11(3)7(2)10(12)13/h7-9H,4-6H2,1-3H3,(H,12,13). The number of hydrogen-bond donors (Lipinski definition) is 1. The lowest BCUT2D eigenvalue weighted by molar-refractivity contribution is -0.143. The van der Waals surface area contributed by atoms with Gasteiger partial charge in [-0.2, -0.15) is 0 Å². The van der Waals surface area contributed by atoms with Crippen LogP contribution in [0, 0.1) is 5.92 Å². The van der Waals surface area contributed by atoms with E-state index in [1.54, 1.807) is 6.92 Å². The lowest BCUT2D eigenvalue weighted by atomic mass is 10.1. The Morgan fingerprint density at radius 3 is 2.46 bits per heavy atom. The smallest absolute Gasteiger partial charge is 0.320 e. The van der Waals surface area contributed by atoms with Gasteiger partial charge in [-0.15, -0.1) is 0 Å². The van der Waals surface area contributed by atoms with Crippen molar-refractivity contribution in [2.45, 2.75) is 45.2 Å². The van der Waals surface area contributed by atoms with E-state index in [1.165, 1.54) is 12.8 Å². The number of likely N-dealkylation sites (N-methyl/N-ethyl adjacent to an activating group) is 1. The predicted molar refractivity (Wildman–Crippen MR) is 51.7 cm³/mol. The lowest BCUT2D eigenvalue weighted by Gasteiger charge is -2.30. The number of aliphatic carboxylic acids is 1. The van der Waals surface area contributed by atoms with Gasteiger partial charge in [-0.3, -0.25) is 9.69 Å². The van der Waals surface area contributed by atoms with Crippen LogP contribution in [0.5, 0.6) is 0 Å². The number of carbonyl (C=O) groups is 1. The van der Waals surface area contributed by atoms with Crippen molar-refractivity contribution < 1.29 is 9.90 Å². The van der Waals surface area contributed by atoms with Gasteiger partial charge >= 0.3 is 5.97 Å². The maximum Gasteiger partial charge on any atom is 0.320 e. The van der Waals surface area contributed by atoms with Crippen LogP contribution in [0.2, 0.25) is 0 Å². The summed E-state index contributed by atoms with van der Waals surface area (Å²) in [6.45, 7) is 3.89. The predicted octanol–water partition coefficient (Wildman–Crippen LogP) is 1.58. The quantitative estimate of drug-likeness (QED) is 0.707. The molecule has 1 rings (SSSR count). The molecule has 0 bridgehead atoms. The van der Waals surface area contributed by atoms with Crippen LogP contribution in [0.25, 0.3) is 0 Å². The first kappa shape index (κ1) is 10.5. The molecule has 0 aromatic carbocycles. The fraction of sp³-hybridized carbons (Fsp3) is 0.900. The van der Waals surface area contributed by atoms with E-state index in [9.17, 15) is 4.79 Å². The van der Waals surface area contributed by atoms with Gasteiger partial charge in [-0.25, -0.2) is 0 Å². The van der Waals surface area contributed by atoms with E-state index in [0.717, 1.165) is 12.3 Å². The number of hydrogen-bond acceptors (Lipinski definition) is 2. The summed E-state index contributed by atoms with van der Waals surface area (Å²) in [4.78, 5) is 12.8. The number of nitrogens with zero attached hydrogens (tertiary/aromatic N) is 1. The molecule has 1 aliphatic carbocycles. The van der Waals surface area contributed by atoms with Gasteiger partial charge in [-0.1, -0.05) is 6.92 Å². The van der Waals surface area contributed by atoms with Crippen LogP contribution in [0.3, 0.4) is 0 Å². The summed E-state index contributed by atoms with van der Waals surface area (Å²) >= 11 is 0. The summed E-state index contributed by atoms with van der Waals surface area (Å²) in [6.07, 6.45) is 3.60. The van der Waals surface area contributed by atoms with Crippen molar-refractivity contribution in [1.29, 1.82) is 0 Å². The fourth-order valence-electron chi connectivity index (χ4n) is 1.90. The summed E-state index contributed by atoms with van der Waals surface area (Å²) in [7, 11) is 1.92. The normalized spacial score (nSPS) is 21.5. The van der Waals surface area contributed by atoms with Crippen LogP contribution in [0.4, 0.5) is 0 Å². The molecule has 2 atom stereocenters. The van der Waals surface area contributed by atoms with Crippen LogP contribution < -0.4 is 0 Å². The summed E-state index contributed by atoms with van der Waals surface area (Å²) in [5.41, 5.74) is 0. The SMILES string of the molecule is CCC(C1CC1)N(C)C(C)C(=O)O. The van der Waals surface area contributed by atoms with Gasteiger partial charge in [0.1, 0.15) is 6.04 Å². The van der Waals surface area contributed by atoms with E-state index in [4.69, 9.17) is 5.11 Å². The zero-order valence-electron chi connectivity index (χ0n) is 8.66. The third kappa shape index (κ3) is 2.44. The van der Waals surface area contributed by atoms with Crippen LogP contribution >= 0.6 is 0 Å². The van der Waals surface area contributed by atoms with Gasteiger partial charge in [0.2, 0.25) is 0 Å². The van der Waals surface area contributed by atoms with Crippen LogP contribution in [0.15, 0.2) is 0 Å². The largest absolute Gasteiger partial charge is 0.480 e. The molecule has 0 aliphatic heterocycles. The second-order valence-electron chi connectivity index (χ2n) is 3.99. The van der Waals surface area contributed by atoms with E-state index < -0.39 is 5.97 Å². The van der Waals surface area contributed by atoms with Gasteiger partial charge in [-0.05, 0) is 39.2 Å². The van der Waals surface area contributed by atoms with Gasteiger partial charge in [0, 0.05) is 6.04 Å². The molecule has 0 aromatic rings.